The summed E-state index contributed by atoms with van der Waals surface area (Å²) in [5.41, 5.74) is 0.236. The van der Waals surface area contributed by atoms with Crippen LogP contribution in [0.2, 0.25) is 0 Å². The van der Waals surface area contributed by atoms with Gasteiger partial charge in [0.1, 0.15) is 29.9 Å². The molecule has 4 aromatic rings. The number of hydrogen-bond donors (Lipinski definition) is 1. The molecule has 0 radical (unpaired) electrons. The Morgan fingerprint density at radius 1 is 1.32 bits per heavy atom. The number of aromatic nitrogens is 4. The highest BCUT2D eigenvalue weighted by Crippen LogP contribution is 2.41. The second-order valence-electron chi connectivity index (χ2n) is 7.12. The minimum absolute atomic E-state index is 0.0491. The van der Waals surface area contributed by atoms with Gasteiger partial charge in [-0.2, -0.15) is 10.4 Å². The van der Waals surface area contributed by atoms with Gasteiger partial charge in [0, 0.05) is 28.5 Å². The highest BCUT2D eigenvalue weighted by atomic mass is 32.1. The van der Waals surface area contributed by atoms with E-state index in [0.717, 1.165) is 17.7 Å². The van der Waals surface area contributed by atoms with Crippen molar-refractivity contribution in [2.75, 3.05) is 0 Å². The molecule has 156 valence electrons. The van der Waals surface area contributed by atoms with Gasteiger partial charge in [0.05, 0.1) is 28.9 Å². The summed E-state index contributed by atoms with van der Waals surface area (Å²) >= 11 is 1.33. The van der Waals surface area contributed by atoms with Crippen molar-refractivity contribution in [2.45, 2.75) is 25.0 Å². The number of rotatable bonds is 6. The number of hydrogen-bond acceptors (Lipinski definition) is 6. The van der Waals surface area contributed by atoms with Crippen molar-refractivity contribution >= 4 is 11.3 Å². The third kappa shape index (κ3) is 4.08. The standard InChI is InChI=1S/C22H17F2N5OS/c1-14(21-28-20(10-31-21)16-4-2-15(9-25)3-5-16)22(30,11-29-13-26-12-27-29)18-7-6-17(23)8-19(18)24/h2-8,10,12-14,30H,11H2,1H3/t14-,22+/m0/s1/i2+2,3+2,4+2,5+2,15+2,16+2. The molecule has 0 fully saturated rings. The van der Waals surface area contributed by atoms with Crippen molar-refractivity contribution in [1.29, 1.82) is 5.26 Å². The molecule has 2 heterocycles. The van der Waals surface area contributed by atoms with E-state index in [1.807, 2.05) is 5.38 Å². The van der Waals surface area contributed by atoms with Crippen molar-refractivity contribution < 1.29 is 13.9 Å². The average Bonchev–Trinajstić information content (AvgIpc) is 3.45. The van der Waals surface area contributed by atoms with Crippen molar-refractivity contribution in [3.05, 3.63) is 88.3 Å². The third-order valence-corrected chi connectivity index (χ3v) is 6.21. The van der Waals surface area contributed by atoms with E-state index >= 15 is 0 Å². The highest BCUT2D eigenvalue weighted by molar-refractivity contribution is 7.10. The van der Waals surface area contributed by atoms with Crippen LogP contribution in [-0.4, -0.2) is 24.9 Å². The fourth-order valence-corrected chi connectivity index (χ4v) is 4.37. The van der Waals surface area contributed by atoms with Crippen LogP contribution in [0.25, 0.3) is 11.3 Å². The van der Waals surface area contributed by atoms with E-state index in [1.165, 1.54) is 34.7 Å². The van der Waals surface area contributed by atoms with Crippen LogP contribution < -0.4 is 0 Å². The second-order valence-corrected chi connectivity index (χ2v) is 8.01. The Morgan fingerprint density at radius 2 is 2.10 bits per heavy atom. The molecular formula is C22H17F2N5OS. The molecule has 6 nitrogen and oxygen atoms in total. The minimum Gasteiger partial charge on any atom is -0.382 e. The van der Waals surface area contributed by atoms with Gasteiger partial charge in [-0.1, -0.05) is 25.1 Å². The highest BCUT2D eigenvalue weighted by Gasteiger charge is 2.41. The fourth-order valence-electron chi connectivity index (χ4n) is 3.40. The SMILES string of the molecule is C[C@@H](c1nc(-[14c]2[14cH][14cH][14c](C#N)[14cH][14cH]2)cs1)[C@](O)(Cn1cncn1)c1ccc(F)cc1F. The summed E-state index contributed by atoms with van der Waals surface area (Å²) in [5, 5.41) is 27.1. The molecule has 2 atom stereocenters. The lowest BCUT2D eigenvalue weighted by molar-refractivity contribution is -0.0112. The summed E-state index contributed by atoms with van der Waals surface area (Å²) in [4.78, 5) is 8.52. The topological polar surface area (TPSA) is 87.6 Å². The molecule has 4 rings (SSSR count). The number of halogens is 2. The van der Waals surface area contributed by atoms with Gasteiger partial charge in [-0.05, 0) is 18.2 Å². The quantitative estimate of drug-likeness (QED) is 0.476. The second kappa shape index (κ2) is 8.34. The van der Waals surface area contributed by atoms with E-state index in [4.69, 9.17) is 5.26 Å². The lowest BCUT2D eigenvalue weighted by Gasteiger charge is -2.33. The molecule has 0 aliphatic rings. The third-order valence-electron chi connectivity index (χ3n) is 5.19. The fraction of sp³-hybridized carbons (Fsp3) is 0.182. The molecule has 2 aromatic heterocycles. The van der Waals surface area contributed by atoms with Crippen molar-refractivity contribution in [2.24, 2.45) is 0 Å². The van der Waals surface area contributed by atoms with Crippen molar-refractivity contribution in [1.82, 2.24) is 19.7 Å². The maximum absolute atomic E-state index is 14.7. The van der Waals surface area contributed by atoms with Gasteiger partial charge in [-0.3, -0.25) is 0 Å². The normalized spacial score (nSPS) is 14.0. The smallest absolute Gasteiger partial charge is 0.137 e. The average molecular weight is 449 g/mol. The first-order valence-corrected chi connectivity index (χ1v) is 10.2. The summed E-state index contributed by atoms with van der Waals surface area (Å²) < 4.78 is 29.6. The van der Waals surface area contributed by atoms with Crippen LogP contribution in [0.3, 0.4) is 0 Å². The molecule has 2 aromatic carbocycles. The maximum atomic E-state index is 14.7. The van der Waals surface area contributed by atoms with E-state index in [0.29, 0.717) is 16.3 Å². The molecule has 31 heavy (non-hydrogen) atoms. The lowest BCUT2D eigenvalue weighted by atomic mass is 9.82. The summed E-state index contributed by atoms with van der Waals surface area (Å²) in [6.07, 6.45) is 2.74. The number of nitriles is 1. The van der Waals surface area contributed by atoms with Crippen LogP contribution >= 0.6 is 11.3 Å². The van der Waals surface area contributed by atoms with Crippen LogP contribution in [0.1, 0.15) is 29.0 Å². The number of benzene rings is 2. The summed E-state index contributed by atoms with van der Waals surface area (Å²) in [6.45, 7) is 1.64. The van der Waals surface area contributed by atoms with Crippen molar-refractivity contribution in [3.63, 3.8) is 0 Å². The van der Waals surface area contributed by atoms with E-state index in [-0.39, 0.29) is 12.1 Å². The Balaban J connectivity index is 1.73. The van der Waals surface area contributed by atoms with E-state index in [2.05, 4.69) is 21.1 Å². The predicted molar refractivity (Wildman–Crippen MR) is 111 cm³/mol. The van der Waals surface area contributed by atoms with Crippen LogP contribution in [0, 0.1) is 23.0 Å². The molecule has 0 spiro atoms. The number of thiazole rings is 1. The van der Waals surface area contributed by atoms with Gasteiger partial charge in [0.15, 0.2) is 0 Å². The van der Waals surface area contributed by atoms with Gasteiger partial charge in [-0.25, -0.2) is 23.4 Å². The van der Waals surface area contributed by atoms with Gasteiger partial charge in [0.25, 0.3) is 0 Å². The van der Waals surface area contributed by atoms with Gasteiger partial charge < -0.3 is 5.11 Å². The summed E-state index contributed by atoms with van der Waals surface area (Å²) in [6, 6.07) is 12.2. The zero-order valence-electron chi connectivity index (χ0n) is 16.4. The molecule has 0 saturated carbocycles. The zero-order chi connectivity index (χ0) is 22.0. The largest absolute Gasteiger partial charge is 0.382 e. The first kappa shape index (κ1) is 20.8. The molecule has 9 heteroatoms. The molecule has 0 unspecified atom stereocenters. The predicted octanol–water partition coefficient (Wildman–Crippen LogP) is 4.24. The van der Waals surface area contributed by atoms with E-state index in [9.17, 15) is 13.9 Å². The molecule has 0 bridgehead atoms. The van der Waals surface area contributed by atoms with Crippen LogP contribution in [0.5, 0.6) is 0 Å². The number of aliphatic hydroxyl groups is 1. The Morgan fingerprint density at radius 3 is 2.74 bits per heavy atom. The Hall–Kier alpha value is -3.48. The van der Waals surface area contributed by atoms with Crippen LogP contribution in [-0.2, 0) is 12.1 Å². The minimum atomic E-state index is -1.76. The first-order valence-electron chi connectivity index (χ1n) is 9.37. The maximum Gasteiger partial charge on any atom is 0.137 e. The van der Waals surface area contributed by atoms with Crippen LogP contribution in [0.15, 0.2) is 60.5 Å². The Labute approximate surface area is 181 Å². The number of nitrogens with zero attached hydrogens (tertiary/aromatic N) is 5. The summed E-state index contributed by atoms with van der Waals surface area (Å²) in [7, 11) is 0. The van der Waals surface area contributed by atoms with E-state index < -0.39 is 23.2 Å². The van der Waals surface area contributed by atoms with Crippen molar-refractivity contribution in [3.8, 4) is 17.3 Å². The summed E-state index contributed by atoms with van der Waals surface area (Å²) in [5.74, 6) is -2.22. The molecule has 0 saturated heterocycles. The van der Waals surface area contributed by atoms with Gasteiger partial charge in [0.2, 0.25) is 0 Å². The molecule has 0 aliphatic heterocycles. The monoisotopic (exact) mass is 449 g/mol. The van der Waals surface area contributed by atoms with E-state index in [1.54, 1.807) is 31.2 Å². The Bertz CT molecular complexity index is 1230. The Kier molecular flexibility index (Phi) is 5.59. The molecule has 0 amide bonds. The molecule has 0 aliphatic carbocycles. The molecular weight excluding hydrogens is 432 g/mol. The van der Waals surface area contributed by atoms with Gasteiger partial charge >= 0.3 is 0 Å². The van der Waals surface area contributed by atoms with Crippen LogP contribution in [0.4, 0.5) is 8.78 Å². The zero-order valence-corrected chi connectivity index (χ0v) is 17.2. The first-order chi connectivity index (χ1) is 14.9. The van der Waals surface area contributed by atoms with Gasteiger partial charge in [-0.15, -0.1) is 11.3 Å². The lowest BCUT2D eigenvalue weighted by Crippen LogP contribution is -2.38. The molecule has 1 N–H and O–H groups in total.